The SMILES string of the molecule is CCC[C@H]1C(=O)C(C#N)=C[C@@]2(C)c3nc(-c4ccnc(C(F)(F)F)c4)nc(-c4ccccc4F)c3CC[C@H]12. The highest BCUT2D eigenvalue weighted by Gasteiger charge is 2.51. The number of rotatable bonds is 4. The maximum Gasteiger partial charge on any atom is 0.433 e. The average Bonchev–Trinajstić information content (AvgIpc) is 2.90. The Labute approximate surface area is 217 Å². The zero-order chi connectivity index (χ0) is 27.2. The Morgan fingerprint density at radius 2 is 1.95 bits per heavy atom. The number of nitriles is 1. The lowest BCUT2D eigenvalue weighted by molar-refractivity contribution is -0.141. The first-order chi connectivity index (χ1) is 18.1. The van der Waals surface area contributed by atoms with E-state index in [1.54, 1.807) is 24.3 Å². The van der Waals surface area contributed by atoms with Crippen LogP contribution in [0.15, 0.2) is 54.2 Å². The normalized spacial score (nSPS) is 22.8. The Morgan fingerprint density at radius 3 is 2.63 bits per heavy atom. The summed E-state index contributed by atoms with van der Waals surface area (Å²) >= 11 is 0. The van der Waals surface area contributed by atoms with Crippen LogP contribution in [0.25, 0.3) is 22.6 Å². The quantitative estimate of drug-likeness (QED) is 0.361. The molecule has 0 spiro atoms. The second-order valence-corrected chi connectivity index (χ2v) is 9.99. The molecule has 0 N–H and O–H groups in total. The van der Waals surface area contributed by atoms with Gasteiger partial charge in [-0.1, -0.05) is 38.5 Å². The largest absolute Gasteiger partial charge is 0.433 e. The van der Waals surface area contributed by atoms with Crippen LogP contribution in [-0.4, -0.2) is 20.7 Å². The van der Waals surface area contributed by atoms with Gasteiger partial charge in [0.05, 0.1) is 17.0 Å². The van der Waals surface area contributed by atoms with Crippen molar-refractivity contribution in [3.63, 3.8) is 0 Å². The average molecular weight is 521 g/mol. The number of Topliss-reactive ketones (excluding diaryl/α,β-unsaturated/α-hetero) is 1. The van der Waals surface area contributed by atoms with Crippen molar-refractivity contribution in [2.45, 2.75) is 51.1 Å². The van der Waals surface area contributed by atoms with Crippen molar-refractivity contribution in [1.29, 1.82) is 5.26 Å². The molecule has 38 heavy (non-hydrogen) atoms. The van der Waals surface area contributed by atoms with Crippen molar-refractivity contribution in [3.05, 3.63) is 77.0 Å². The molecule has 3 atom stereocenters. The van der Waals surface area contributed by atoms with Crippen molar-refractivity contribution in [2.75, 3.05) is 0 Å². The summed E-state index contributed by atoms with van der Waals surface area (Å²) in [4.78, 5) is 25.9. The van der Waals surface area contributed by atoms with E-state index in [0.717, 1.165) is 18.7 Å². The van der Waals surface area contributed by atoms with Crippen LogP contribution in [-0.2, 0) is 22.8 Å². The molecule has 0 radical (unpaired) electrons. The van der Waals surface area contributed by atoms with E-state index in [0.29, 0.717) is 36.2 Å². The molecule has 0 saturated carbocycles. The summed E-state index contributed by atoms with van der Waals surface area (Å²) in [6.07, 6.45) is 0.432. The van der Waals surface area contributed by atoms with Gasteiger partial charge in [0.2, 0.25) is 0 Å². The van der Waals surface area contributed by atoms with Crippen LogP contribution in [0.1, 0.15) is 50.1 Å². The van der Waals surface area contributed by atoms with Crippen molar-refractivity contribution >= 4 is 5.78 Å². The molecular weight excluding hydrogens is 496 g/mol. The van der Waals surface area contributed by atoms with Gasteiger partial charge in [-0.3, -0.25) is 9.78 Å². The van der Waals surface area contributed by atoms with E-state index >= 15 is 4.39 Å². The molecule has 0 amide bonds. The molecule has 0 bridgehead atoms. The van der Waals surface area contributed by atoms with Gasteiger partial charge in [-0.05, 0) is 49.4 Å². The zero-order valence-electron chi connectivity index (χ0n) is 20.8. The van der Waals surface area contributed by atoms with Gasteiger partial charge in [0, 0.05) is 34.2 Å². The Hall–Kier alpha value is -3.93. The predicted molar refractivity (Wildman–Crippen MR) is 132 cm³/mol. The number of aromatic nitrogens is 3. The zero-order valence-corrected chi connectivity index (χ0v) is 20.8. The Morgan fingerprint density at radius 1 is 1.18 bits per heavy atom. The topological polar surface area (TPSA) is 79.5 Å². The fraction of sp³-hybridized carbons (Fsp3) is 0.345. The maximum atomic E-state index is 15.0. The van der Waals surface area contributed by atoms with Gasteiger partial charge in [-0.2, -0.15) is 18.4 Å². The molecule has 5 nitrogen and oxygen atoms in total. The Balaban J connectivity index is 1.81. The van der Waals surface area contributed by atoms with Crippen LogP contribution >= 0.6 is 0 Å². The maximum absolute atomic E-state index is 15.0. The van der Waals surface area contributed by atoms with E-state index in [1.165, 1.54) is 12.1 Å². The lowest BCUT2D eigenvalue weighted by Gasteiger charge is -2.46. The van der Waals surface area contributed by atoms with E-state index in [4.69, 9.17) is 4.98 Å². The number of hydrogen-bond acceptors (Lipinski definition) is 5. The second kappa shape index (κ2) is 9.43. The highest BCUT2D eigenvalue weighted by molar-refractivity contribution is 6.02. The molecule has 0 aliphatic heterocycles. The highest BCUT2D eigenvalue weighted by atomic mass is 19.4. The van der Waals surface area contributed by atoms with Gasteiger partial charge in [-0.15, -0.1) is 0 Å². The lowest BCUT2D eigenvalue weighted by atomic mass is 9.56. The van der Waals surface area contributed by atoms with E-state index < -0.39 is 23.1 Å². The van der Waals surface area contributed by atoms with Crippen molar-refractivity contribution in [3.8, 4) is 28.7 Å². The number of pyridine rings is 1. The molecule has 0 saturated heterocycles. The number of fused-ring (bicyclic) bond motifs is 3. The summed E-state index contributed by atoms with van der Waals surface area (Å²) < 4.78 is 55.4. The number of hydrogen-bond donors (Lipinski definition) is 0. The van der Waals surface area contributed by atoms with E-state index in [-0.39, 0.29) is 40.1 Å². The molecule has 3 aromatic rings. The van der Waals surface area contributed by atoms with Gasteiger partial charge in [0.15, 0.2) is 11.6 Å². The van der Waals surface area contributed by atoms with Crippen molar-refractivity contribution in [2.24, 2.45) is 11.8 Å². The van der Waals surface area contributed by atoms with Gasteiger partial charge in [-0.25, -0.2) is 14.4 Å². The van der Waals surface area contributed by atoms with Gasteiger partial charge in [0.25, 0.3) is 0 Å². The first-order valence-corrected chi connectivity index (χ1v) is 12.5. The summed E-state index contributed by atoms with van der Waals surface area (Å²) in [5.74, 6) is -1.27. The molecular formula is C29H24F4N4O. The van der Waals surface area contributed by atoms with Gasteiger partial charge >= 0.3 is 6.18 Å². The predicted octanol–water partition coefficient (Wildman–Crippen LogP) is 6.63. The van der Waals surface area contributed by atoms with E-state index in [1.807, 2.05) is 19.9 Å². The van der Waals surface area contributed by atoms with Crippen molar-refractivity contribution < 1.29 is 22.4 Å². The number of carbonyl (C=O) groups is 1. The number of benzene rings is 1. The molecule has 194 valence electrons. The number of carbonyl (C=O) groups excluding carboxylic acids is 1. The molecule has 2 aliphatic rings. The number of allylic oxidation sites excluding steroid dienone is 2. The summed E-state index contributed by atoms with van der Waals surface area (Å²) in [6, 6.07) is 10.4. The summed E-state index contributed by atoms with van der Waals surface area (Å²) in [7, 11) is 0. The van der Waals surface area contributed by atoms with Crippen LogP contribution in [0, 0.1) is 29.0 Å². The minimum Gasteiger partial charge on any atom is -0.293 e. The first kappa shape index (κ1) is 25.7. The fourth-order valence-electron chi connectivity index (χ4n) is 5.95. The fourth-order valence-corrected chi connectivity index (χ4v) is 5.95. The number of halogens is 4. The second-order valence-electron chi connectivity index (χ2n) is 9.99. The van der Waals surface area contributed by atoms with Crippen molar-refractivity contribution in [1.82, 2.24) is 15.0 Å². The number of alkyl halides is 3. The van der Waals surface area contributed by atoms with Gasteiger partial charge < -0.3 is 0 Å². The van der Waals surface area contributed by atoms with E-state index in [2.05, 4.69) is 9.97 Å². The monoisotopic (exact) mass is 520 g/mol. The summed E-state index contributed by atoms with van der Waals surface area (Å²) in [5, 5.41) is 9.77. The number of nitrogens with zero attached hydrogens (tertiary/aromatic N) is 4. The molecule has 9 heteroatoms. The smallest absolute Gasteiger partial charge is 0.293 e. The molecule has 2 aliphatic carbocycles. The molecule has 1 aromatic carbocycles. The Kier molecular flexibility index (Phi) is 6.38. The molecule has 2 aromatic heterocycles. The highest BCUT2D eigenvalue weighted by Crippen LogP contribution is 2.52. The summed E-state index contributed by atoms with van der Waals surface area (Å²) in [5.41, 5.74) is -0.157. The Bertz CT molecular complexity index is 1510. The molecule has 2 heterocycles. The first-order valence-electron chi connectivity index (χ1n) is 12.5. The molecule has 0 fully saturated rings. The third-order valence-corrected chi connectivity index (χ3v) is 7.68. The standard InChI is InChI=1S/C29H24F4N4O/c1-3-6-18-21-10-9-20-24(19-7-4-5-8-22(19)30)36-27(16-11-12-35-23(13-16)29(31,32)33)37-26(20)28(21,2)14-17(15-34)25(18)38/h4-5,7-8,11-14,18,21H,3,6,9-10H2,1-2H3/t18-,21-,28-/m1/s1. The third-order valence-electron chi connectivity index (χ3n) is 7.68. The third kappa shape index (κ3) is 4.18. The molecule has 5 rings (SSSR count). The summed E-state index contributed by atoms with van der Waals surface area (Å²) in [6.45, 7) is 3.88. The van der Waals surface area contributed by atoms with Crippen LogP contribution in [0.5, 0.6) is 0 Å². The lowest BCUT2D eigenvalue weighted by Crippen LogP contribution is -2.47. The van der Waals surface area contributed by atoms with E-state index in [9.17, 15) is 23.2 Å². The van der Waals surface area contributed by atoms with Crippen LogP contribution < -0.4 is 0 Å². The number of ketones is 1. The van der Waals surface area contributed by atoms with Crippen LogP contribution in [0.4, 0.5) is 17.6 Å². The van der Waals surface area contributed by atoms with Crippen LogP contribution in [0.2, 0.25) is 0 Å². The minimum atomic E-state index is -4.67. The van der Waals surface area contributed by atoms with Gasteiger partial charge in [0.1, 0.15) is 17.6 Å². The van der Waals surface area contributed by atoms with Crippen LogP contribution in [0.3, 0.4) is 0 Å². The molecule has 0 unspecified atom stereocenters. The minimum absolute atomic E-state index is 0.00683.